The molecule has 0 aromatic carbocycles. The Kier molecular flexibility index (Phi) is 2.80. The molecule has 0 aliphatic rings. The lowest BCUT2D eigenvalue weighted by Gasteiger charge is -2.05. The van der Waals surface area contributed by atoms with Gasteiger partial charge >= 0.3 is 0 Å². The summed E-state index contributed by atoms with van der Waals surface area (Å²) in [6.07, 6.45) is 5.58. The Morgan fingerprint density at radius 2 is 2.06 bits per heavy atom. The molecule has 0 saturated carbocycles. The van der Waals surface area contributed by atoms with Crippen molar-refractivity contribution in [3.05, 3.63) is 36.0 Å². The topological polar surface area (TPSA) is 87.7 Å². The summed E-state index contributed by atoms with van der Waals surface area (Å²) in [6.45, 7) is 0. The number of halogens is 1. The summed E-state index contributed by atoms with van der Waals surface area (Å²) in [5.41, 5.74) is 0. The van der Waals surface area contributed by atoms with Crippen LogP contribution in [0.25, 0.3) is 0 Å². The van der Waals surface area contributed by atoms with Gasteiger partial charge in [-0.3, -0.25) is 4.72 Å². The van der Waals surface area contributed by atoms with Crippen LogP contribution in [0.4, 0.5) is 5.82 Å². The van der Waals surface area contributed by atoms with Crippen LogP contribution in [0.3, 0.4) is 0 Å². The third-order valence-electron chi connectivity index (χ3n) is 1.76. The highest BCUT2D eigenvalue weighted by Gasteiger charge is 2.16. The highest BCUT2D eigenvalue weighted by Crippen LogP contribution is 2.18. The highest BCUT2D eigenvalue weighted by atomic mass is 35.5. The van der Waals surface area contributed by atoms with E-state index in [1.165, 1.54) is 30.9 Å². The molecule has 0 radical (unpaired) electrons. The fraction of sp³-hybridized carbons (Fsp3) is 0. The SMILES string of the molecule is O=S(=O)(Nc1nccnc1Cl)c1cc[nH]c1. The number of nitrogens with zero attached hydrogens (tertiary/aromatic N) is 2. The van der Waals surface area contributed by atoms with Crippen molar-refractivity contribution >= 4 is 27.4 Å². The molecule has 2 aromatic rings. The van der Waals surface area contributed by atoms with E-state index in [-0.39, 0.29) is 15.9 Å². The van der Waals surface area contributed by atoms with Gasteiger partial charge in [0.15, 0.2) is 11.0 Å². The Hall–Kier alpha value is -1.60. The first-order valence-corrected chi connectivity index (χ1v) is 6.08. The van der Waals surface area contributed by atoms with Crippen LogP contribution in [0.2, 0.25) is 5.15 Å². The quantitative estimate of drug-likeness (QED) is 0.868. The van der Waals surface area contributed by atoms with E-state index in [0.717, 1.165) is 0 Å². The van der Waals surface area contributed by atoms with Crippen molar-refractivity contribution in [2.45, 2.75) is 4.90 Å². The predicted molar refractivity (Wildman–Crippen MR) is 58.6 cm³/mol. The van der Waals surface area contributed by atoms with Gasteiger partial charge in [-0.1, -0.05) is 11.6 Å². The van der Waals surface area contributed by atoms with Gasteiger partial charge in [0.2, 0.25) is 0 Å². The lowest BCUT2D eigenvalue weighted by atomic mass is 10.7. The van der Waals surface area contributed by atoms with Gasteiger partial charge in [0.1, 0.15) is 4.90 Å². The van der Waals surface area contributed by atoms with Crippen molar-refractivity contribution in [3.63, 3.8) is 0 Å². The Morgan fingerprint density at radius 1 is 1.31 bits per heavy atom. The van der Waals surface area contributed by atoms with Crippen LogP contribution in [0.5, 0.6) is 0 Å². The van der Waals surface area contributed by atoms with Crippen molar-refractivity contribution < 1.29 is 8.42 Å². The molecule has 2 N–H and O–H groups in total. The maximum atomic E-state index is 11.8. The van der Waals surface area contributed by atoms with Crippen LogP contribution in [-0.4, -0.2) is 23.4 Å². The van der Waals surface area contributed by atoms with E-state index in [4.69, 9.17) is 11.6 Å². The van der Waals surface area contributed by atoms with Crippen LogP contribution in [0, 0.1) is 0 Å². The van der Waals surface area contributed by atoms with Gasteiger partial charge < -0.3 is 4.98 Å². The first-order chi connectivity index (χ1) is 7.59. The minimum Gasteiger partial charge on any atom is -0.366 e. The molecule has 0 bridgehead atoms. The number of H-pyrrole nitrogens is 1. The molecular formula is C8H7ClN4O2S. The fourth-order valence-electron chi connectivity index (χ4n) is 1.05. The normalized spacial score (nSPS) is 11.3. The first kappa shape index (κ1) is 10.9. The van der Waals surface area contributed by atoms with Crippen LogP contribution in [-0.2, 0) is 10.0 Å². The first-order valence-electron chi connectivity index (χ1n) is 4.22. The standard InChI is InChI=1S/C8H7ClN4O2S/c9-7-8(12-4-3-11-7)13-16(14,15)6-1-2-10-5-6/h1-5,10H,(H,12,13). The van der Waals surface area contributed by atoms with Gasteiger partial charge in [0.25, 0.3) is 10.0 Å². The molecule has 2 heterocycles. The Labute approximate surface area is 96.8 Å². The molecule has 0 spiro atoms. The van der Waals surface area contributed by atoms with Crippen molar-refractivity contribution in [1.82, 2.24) is 15.0 Å². The zero-order valence-corrected chi connectivity index (χ0v) is 9.46. The molecule has 8 heteroatoms. The summed E-state index contributed by atoms with van der Waals surface area (Å²) in [6, 6.07) is 1.42. The molecule has 6 nitrogen and oxygen atoms in total. The molecule has 0 fully saturated rings. The molecule has 16 heavy (non-hydrogen) atoms. The molecule has 0 saturated heterocycles. The summed E-state index contributed by atoms with van der Waals surface area (Å²) >= 11 is 5.68. The summed E-state index contributed by atoms with van der Waals surface area (Å²) in [5.74, 6) is 0.00497. The lowest BCUT2D eigenvalue weighted by molar-refractivity contribution is 0.601. The molecule has 0 aliphatic carbocycles. The van der Waals surface area contributed by atoms with E-state index in [2.05, 4.69) is 19.7 Å². The zero-order chi connectivity index (χ0) is 11.6. The molecule has 0 unspecified atom stereocenters. The van der Waals surface area contributed by atoms with E-state index in [9.17, 15) is 8.42 Å². The number of nitrogens with one attached hydrogen (secondary N) is 2. The fourth-order valence-corrected chi connectivity index (χ4v) is 2.25. The van der Waals surface area contributed by atoms with E-state index in [1.807, 2.05) is 0 Å². The number of sulfonamides is 1. The average molecular weight is 259 g/mol. The van der Waals surface area contributed by atoms with E-state index >= 15 is 0 Å². The smallest absolute Gasteiger partial charge is 0.264 e. The maximum Gasteiger partial charge on any atom is 0.264 e. The Balaban J connectivity index is 2.33. The van der Waals surface area contributed by atoms with Crippen molar-refractivity contribution in [1.29, 1.82) is 0 Å². The number of hydrogen-bond acceptors (Lipinski definition) is 4. The monoisotopic (exact) mass is 258 g/mol. The van der Waals surface area contributed by atoms with Crippen LogP contribution in [0.15, 0.2) is 35.7 Å². The highest BCUT2D eigenvalue weighted by molar-refractivity contribution is 7.92. The maximum absolute atomic E-state index is 11.8. The average Bonchev–Trinajstić information content (AvgIpc) is 2.75. The minimum absolute atomic E-state index is 0.00149. The summed E-state index contributed by atoms with van der Waals surface area (Å²) < 4.78 is 25.8. The van der Waals surface area contributed by atoms with Crippen molar-refractivity contribution in [2.24, 2.45) is 0 Å². The molecule has 0 aliphatic heterocycles. The Bertz CT molecular complexity index is 582. The molecule has 2 aromatic heterocycles. The van der Waals surface area contributed by atoms with Gasteiger partial charge in [-0.25, -0.2) is 18.4 Å². The molecule has 0 atom stereocenters. The molecule has 0 amide bonds. The van der Waals surface area contributed by atoms with E-state index in [1.54, 1.807) is 0 Å². The summed E-state index contributed by atoms with van der Waals surface area (Å²) in [4.78, 5) is 10.2. The van der Waals surface area contributed by atoms with Gasteiger partial charge in [0.05, 0.1) is 0 Å². The van der Waals surface area contributed by atoms with Crippen molar-refractivity contribution in [2.75, 3.05) is 4.72 Å². The predicted octanol–water partition coefficient (Wildman–Crippen LogP) is 1.26. The summed E-state index contributed by atoms with van der Waals surface area (Å²) in [5, 5.41) is 0.00149. The van der Waals surface area contributed by atoms with Gasteiger partial charge in [0, 0.05) is 24.8 Å². The van der Waals surface area contributed by atoms with E-state index < -0.39 is 10.0 Å². The van der Waals surface area contributed by atoms with Gasteiger partial charge in [-0.2, -0.15) is 0 Å². The van der Waals surface area contributed by atoms with Gasteiger partial charge in [-0.05, 0) is 6.07 Å². The van der Waals surface area contributed by atoms with Crippen LogP contribution >= 0.6 is 11.6 Å². The second kappa shape index (κ2) is 4.11. The third kappa shape index (κ3) is 2.15. The second-order valence-electron chi connectivity index (χ2n) is 2.85. The van der Waals surface area contributed by atoms with Crippen LogP contribution < -0.4 is 4.72 Å². The molecule has 2 rings (SSSR count). The minimum atomic E-state index is -3.66. The molecule has 84 valence electrons. The lowest BCUT2D eigenvalue weighted by Crippen LogP contribution is -2.13. The largest absolute Gasteiger partial charge is 0.366 e. The Morgan fingerprint density at radius 3 is 2.69 bits per heavy atom. The summed E-state index contributed by atoms with van der Waals surface area (Å²) in [7, 11) is -3.66. The van der Waals surface area contributed by atoms with Crippen molar-refractivity contribution in [3.8, 4) is 0 Å². The zero-order valence-electron chi connectivity index (χ0n) is 7.88. The number of hydrogen-bond donors (Lipinski definition) is 2. The second-order valence-corrected chi connectivity index (χ2v) is 4.89. The number of anilines is 1. The van der Waals surface area contributed by atoms with Gasteiger partial charge in [-0.15, -0.1) is 0 Å². The third-order valence-corrected chi connectivity index (χ3v) is 3.38. The molecular weight excluding hydrogens is 252 g/mol. The van der Waals surface area contributed by atoms with Crippen LogP contribution in [0.1, 0.15) is 0 Å². The number of aromatic nitrogens is 3. The number of aromatic amines is 1. The number of rotatable bonds is 3. The van der Waals surface area contributed by atoms with E-state index in [0.29, 0.717) is 0 Å².